The molecule has 1 atom stereocenters. The fraction of sp³-hybridized carbons (Fsp3) is 0.895. The van der Waals surface area contributed by atoms with Crippen molar-refractivity contribution >= 4 is 11.8 Å². The zero-order chi connectivity index (χ0) is 16.9. The van der Waals surface area contributed by atoms with E-state index in [-0.39, 0.29) is 17.7 Å². The van der Waals surface area contributed by atoms with Gasteiger partial charge in [-0.2, -0.15) is 0 Å². The number of hydrogen-bond donors (Lipinski definition) is 0. The zero-order valence-corrected chi connectivity index (χ0v) is 15.0. The predicted molar refractivity (Wildman–Crippen MR) is 92.5 cm³/mol. The average molecular weight is 336 g/mol. The highest BCUT2D eigenvalue weighted by molar-refractivity contribution is 5.81. The first-order chi connectivity index (χ1) is 11.7. The lowest BCUT2D eigenvalue weighted by Gasteiger charge is -2.40. The van der Waals surface area contributed by atoms with Crippen molar-refractivity contribution in [2.75, 3.05) is 32.8 Å². The summed E-state index contributed by atoms with van der Waals surface area (Å²) in [4.78, 5) is 29.6. The zero-order valence-electron chi connectivity index (χ0n) is 15.0. The van der Waals surface area contributed by atoms with Crippen molar-refractivity contribution in [3.05, 3.63) is 0 Å². The van der Waals surface area contributed by atoms with Crippen LogP contribution >= 0.6 is 0 Å². The quantitative estimate of drug-likeness (QED) is 0.795. The second kappa shape index (κ2) is 8.32. The number of likely N-dealkylation sites (tertiary alicyclic amines) is 2. The monoisotopic (exact) mass is 336 g/mol. The standard InChI is InChI=1S/C19H32N2O3/c1-2-17-5-3-4-10-21(17)19(23)15-6-11-20(12-7-15)18(22)16-8-13-24-14-9-16/h15-17H,2-14H2,1H3. The van der Waals surface area contributed by atoms with Crippen LogP contribution in [0.4, 0.5) is 0 Å². The molecule has 5 nitrogen and oxygen atoms in total. The van der Waals surface area contributed by atoms with E-state index in [1.54, 1.807) is 0 Å². The van der Waals surface area contributed by atoms with Gasteiger partial charge in [-0.15, -0.1) is 0 Å². The van der Waals surface area contributed by atoms with Crippen LogP contribution in [0.1, 0.15) is 58.3 Å². The van der Waals surface area contributed by atoms with Gasteiger partial charge in [0.15, 0.2) is 0 Å². The fourth-order valence-corrected chi connectivity index (χ4v) is 4.50. The van der Waals surface area contributed by atoms with Crippen LogP contribution in [-0.2, 0) is 14.3 Å². The average Bonchev–Trinajstić information content (AvgIpc) is 2.67. The third-order valence-corrected chi connectivity index (χ3v) is 6.11. The van der Waals surface area contributed by atoms with Gasteiger partial charge in [-0.3, -0.25) is 9.59 Å². The number of carbonyl (C=O) groups excluding carboxylic acids is 2. The van der Waals surface area contributed by atoms with Crippen molar-refractivity contribution in [3.8, 4) is 0 Å². The number of piperidine rings is 2. The molecule has 3 heterocycles. The Kier molecular flexibility index (Phi) is 6.14. The first kappa shape index (κ1) is 17.7. The Balaban J connectivity index is 1.50. The number of ether oxygens (including phenoxy) is 1. The molecule has 5 heteroatoms. The number of rotatable bonds is 3. The molecule has 0 aromatic carbocycles. The lowest BCUT2D eigenvalue weighted by molar-refractivity contribution is -0.146. The minimum Gasteiger partial charge on any atom is -0.381 e. The second-order valence-electron chi connectivity index (χ2n) is 7.58. The first-order valence-corrected chi connectivity index (χ1v) is 9.87. The SMILES string of the molecule is CCC1CCCCN1C(=O)C1CCN(C(=O)C2CCOCC2)CC1. The van der Waals surface area contributed by atoms with Gasteiger partial charge < -0.3 is 14.5 Å². The molecule has 3 saturated heterocycles. The van der Waals surface area contributed by atoms with Crippen molar-refractivity contribution in [3.63, 3.8) is 0 Å². The summed E-state index contributed by atoms with van der Waals surface area (Å²) in [6.07, 6.45) is 7.98. The molecule has 0 aliphatic carbocycles. The van der Waals surface area contributed by atoms with Crippen LogP contribution in [0.2, 0.25) is 0 Å². The van der Waals surface area contributed by atoms with E-state index in [4.69, 9.17) is 4.74 Å². The highest BCUT2D eigenvalue weighted by Gasteiger charge is 2.35. The van der Waals surface area contributed by atoms with Gasteiger partial charge in [0.05, 0.1) is 0 Å². The summed E-state index contributed by atoms with van der Waals surface area (Å²) in [5, 5.41) is 0. The molecule has 1 unspecified atom stereocenters. The van der Waals surface area contributed by atoms with E-state index in [0.717, 1.165) is 64.6 Å². The predicted octanol–water partition coefficient (Wildman–Crippen LogP) is 2.44. The largest absolute Gasteiger partial charge is 0.381 e. The molecule has 0 aromatic heterocycles. The minimum atomic E-state index is 0.121. The van der Waals surface area contributed by atoms with Crippen molar-refractivity contribution in [2.45, 2.75) is 64.3 Å². The van der Waals surface area contributed by atoms with Crippen LogP contribution < -0.4 is 0 Å². The highest BCUT2D eigenvalue weighted by Crippen LogP contribution is 2.27. The van der Waals surface area contributed by atoms with Crippen LogP contribution in [0.5, 0.6) is 0 Å². The summed E-state index contributed by atoms with van der Waals surface area (Å²) < 4.78 is 5.35. The molecule has 2 amide bonds. The van der Waals surface area contributed by atoms with Crippen molar-refractivity contribution in [1.29, 1.82) is 0 Å². The Labute approximate surface area is 145 Å². The van der Waals surface area contributed by atoms with E-state index >= 15 is 0 Å². The number of nitrogens with zero attached hydrogens (tertiary/aromatic N) is 2. The lowest BCUT2D eigenvalue weighted by Crippen LogP contribution is -2.50. The number of amides is 2. The van der Waals surface area contributed by atoms with E-state index in [9.17, 15) is 9.59 Å². The Morgan fingerprint density at radius 1 is 0.875 bits per heavy atom. The van der Waals surface area contributed by atoms with Crippen LogP contribution in [-0.4, -0.2) is 60.5 Å². The topological polar surface area (TPSA) is 49.9 Å². The molecule has 3 aliphatic heterocycles. The van der Waals surface area contributed by atoms with Crippen LogP contribution in [0.3, 0.4) is 0 Å². The summed E-state index contributed by atoms with van der Waals surface area (Å²) in [6, 6.07) is 0.438. The number of hydrogen-bond acceptors (Lipinski definition) is 3. The summed E-state index contributed by atoms with van der Waals surface area (Å²) in [5.41, 5.74) is 0. The molecule has 24 heavy (non-hydrogen) atoms. The molecule has 3 aliphatic rings. The summed E-state index contributed by atoms with van der Waals surface area (Å²) in [5.74, 6) is 0.891. The third-order valence-electron chi connectivity index (χ3n) is 6.11. The molecule has 0 radical (unpaired) electrons. The summed E-state index contributed by atoms with van der Waals surface area (Å²) in [6.45, 7) is 6.02. The Morgan fingerprint density at radius 2 is 1.54 bits per heavy atom. The minimum absolute atomic E-state index is 0.121. The van der Waals surface area contributed by atoms with E-state index in [1.165, 1.54) is 6.42 Å². The maximum atomic E-state index is 12.9. The molecule has 3 fully saturated rings. The van der Waals surface area contributed by atoms with Gasteiger partial charge in [-0.25, -0.2) is 0 Å². The lowest BCUT2D eigenvalue weighted by atomic mass is 9.90. The summed E-state index contributed by atoms with van der Waals surface area (Å²) in [7, 11) is 0. The van der Waals surface area contributed by atoms with E-state index in [0.29, 0.717) is 25.2 Å². The van der Waals surface area contributed by atoms with Crippen molar-refractivity contribution in [2.24, 2.45) is 11.8 Å². The van der Waals surface area contributed by atoms with Gasteiger partial charge in [-0.1, -0.05) is 6.92 Å². The van der Waals surface area contributed by atoms with E-state index in [1.807, 2.05) is 4.90 Å². The molecular weight excluding hydrogens is 304 g/mol. The van der Waals surface area contributed by atoms with Gasteiger partial charge in [0.2, 0.25) is 11.8 Å². The first-order valence-electron chi connectivity index (χ1n) is 9.87. The molecule has 0 spiro atoms. The smallest absolute Gasteiger partial charge is 0.226 e. The van der Waals surface area contributed by atoms with Gasteiger partial charge in [0, 0.05) is 50.7 Å². The van der Waals surface area contributed by atoms with Crippen LogP contribution in [0, 0.1) is 11.8 Å². The third kappa shape index (κ3) is 3.93. The maximum Gasteiger partial charge on any atom is 0.226 e. The fourth-order valence-electron chi connectivity index (χ4n) is 4.50. The van der Waals surface area contributed by atoms with E-state index in [2.05, 4.69) is 11.8 Å². The van der Waals surface area contributed by atoms with Crippen LogP contribution in [0.25, 0.3) is 0 Å². The van der Waals surface area contributed by atoms with Crippen LogP contribution in [0.15, 0.2) is 0 Å². The van der Waals surface area contributed by atoms with Gasteiger partial charge in [0.25, 0.3) is 0 Å². The second-order valence-corrected chi connectivity index (χ2v) is 7.58. The van der Waals surface area contributed by atoms with Gasteiger partial charge >= 0.3 is 0 Å². The molecular formula is C19H32N2O3. The molecule has 136 valence electrons. The normalized spacial score (nSPS) is 27.3. The molecule has 0 N–H and O–H groups in total. The molecule has 0 saturated carbocycles. The Bertz CT molecular complexity index is 440. The Morgan fingerprint density at radius 3 is 2.21 bits per heavy atom. The maximum absolute atomic E-state index is 12.9. The Hall–Kier alpha value is -1.10. The van der Waals surface area contributed by atoms with Gasteiger partial charge in [0.1, 0.15) is 0 Å². The van der Waals surface area contributed by atoms with Gasteiger partial charge in [-0.05, 0) is 51.4 Å². The highest BCUT2D eigenvalue weighted by atomic mass is 16.5. The van der Waals surface area contributed by atoms with Crippen molar-refractivity contribution in [1.82, 2.24) is 9.80 Å². The summed E-state index contributed by atoms with van der Waals surface area (Å²) >= 11 is 0. The molecule has 0 aromatic rings. The number of carbonyl (C=O) groups is 2. The van der Waals surface area contributed by atoms with Crippen molar-refractivity contribution < 1.29 is 14.3 Å². The molecule has 3 rings (SSSR count). The molecule has 0 bridgehead atoms. The van der Waals surface area contributed by atoms with E-state index < -0.39 is 0 Å².